The van der Waals surface area contributed by atoms with Crippen molar-refractivity contribution in [3.8, 4) is 0 Å². The number of rotatable bonds is 0. The maximum atomic E-state index is 4.85. The van der Waals surface area contributed by atoms with Gasteiger partial charge in [-0.3, -0.25) is 0 Å². The van der Waals surface area contributed by atoms with Crippen LogP contribution in [0.3, 0.4) is 0 Å². The number of benzene rings is 3. The molecule has 21 heavy (non-hydrogen) atoms. The van der Waals surface area contributed by atoms with E-state index >= 15 is 0 Å². The Morgan fingerprint density at radius 2 is 1.52 bits per heavy atom. The minimum Gasteiger partial charge on any atom is -0.331 e. The summed E-state index contributed by atoms with van der Waals surface area (Å²) in [6, 6.07) is 18.0. The van der Waals surface area contributed by atoms with Crippen molar-refractivity contribution in [1.82, 2.24) is 0 Å². The van der Waals surface area contributed by atoms with Crippen LogP contribution in [0.4, 0.5) is 0 Å². The number of fused-ring (bicyclic) bond motifs is 5. The van der Waals surface area contributed by atoms with Crippen LogP contribution in [-0.2, 0) is 12.8 Å². The lowest BCUT2D eigenvalue weighted by molar-refractivity contribution is 0.690. The average Bonchev–Trinajstić information content (AvgIpc) is 2.55. The molecule has 108 valence electrons. The molecule has 0 bridgehead atoms. The van der Waals surface area contributed by atoms with Gasteiger partial charge in [0.1, 0.15) is 0 Å². The third-order valence-corrected chi connectivity index (χ3v) is 4.26. The molecule has 0 fully saturated rings. The summed E-state index contributed by atoms with van der Waals surface area (Å²) >= 11 is 0. The number of hydrogen-bond acceptors (Lipinski definition) is 1. The van der Waals surface area contributed by atoms with Gasteiger partial charge in [0.2, 0.25) is 0 Å². The molecule has 0 saturated heterocycles. The van der Waals surface area contributed by atoms with E-state index in [2.05, 4.69) is 48.5 Å². The lowest BCUT2D eigenvalue weighted by atomic mass is 9.86. The average molecular weight is 277 g/mol. The molecule has 1 aliphatic carbocycles. The van der Waals surface area contributed by atoms with Gasteiger partial charge in [-0.15, -0.1) is 0 Å². The highest BCUT2D eigenvalue weighted by atomic mass is 14.5. The summed E-state index contributed by atoms with van der Waals surface area (Å²) in [5, 5.41) is 5.64. The van der Waals surface area contributed by atoms with Crippen molar-refractivity contribution in [2.45, 2.75) is 32.6 Å². The van der Waals surface area contributed by atoms with Gasteiger partial charge < -0.3 is 5.73 Å². The fourth-order valence-corrected chi connectivity index (χ4v) is 3.34. The SMILES string of the molecule is CCN.c1ccc2c(c1)ccc1c3c(ccc12)CCCC3. The zero-order valence-corrected chi connectivity index (χ0v) is 12.7. The Morgan fingerprint density at radius 1 is 0.810 bits per heavy atom. The lowest BCUT2D eigenvalue weighted by Crippen LogP contribution is -2.02. The first-order chi connectivity index (χ1) is 10.3. The summed E-state index contributed by atoms with van der Waals surface area (Å²) in [5.74, 6) is 0. The first-order valence-corrected chi connectivity index (χ1v) is 7.97. The number of nitrogens with two attached hydrogens (primary N) is 1. The van der Waals surface area contributed by atoms with Gasteiger partial charge in [-0.25, -0.2) is 0 Å². The highest BCUT2D eigenvalue weighted by molar-refractivity contribution is 6.08. The monoisotopic (exact) mass is 277 g/mol. The fraction of sp³-hybridized carbons (Fsp3) is 0.300. The molecule has 0 aliphatic heterocycles. The molecule has 0 aromatic heterocycles. The van der Waals surface area contributed by atoms with E-state index in [4.69, 9.17) is 5.73 Å². The van der Waals surface area contributed by atoms with Crippen LogP contribution >= 0.6 is 0 Å². The van der Waals surface area contributed by atoms with Crippen molar-refractivity contribution in [2.75, 3.05) is 6.54 Å². The quantitative estimate of drug-likeness (QED) is 0.585. The Balaban J connectivity index is 0.000000409. The van der Waals surface area contributed by atoms with E-state index in [0.717, 1.165) is 6.54 Å². The number of hydrogen-bond donors (Lipinski definition) is 1. The van der Waals surface area contributed by atoms with E-state index in [1.54, 1.807) is 11.1 Å². The van der Waals surface area contributed by atoms with Crippen LogP contribution in [0.15, 0.2) is 48.5 Å². The van der Waals surface area contributed by atoms with E-state index in [1.807, 2.05) is 6.92 Å². The highest BCUT2D eigenvalue weighted by Gasteiger charge is 2.12. The topological polar surface area (TPSA) is 26.0 Å². The molecule has 0 amide bonds. The smallest absolute Gasteiger partial charge is 0.0102 e. The molecule has 1 nitrogen and oxygen atoms in total. The first-order valence-electron chi connectivity index (χ1n) is 7.97. The van der Waals surface area contributed by atoms with Crippen LogP contribution in [0.5, 0.6) is 0 Å². The van der Waals surface area contributed by atoms with Crippen LogP contribution in [0.2, 0.25) is 0 Å². The maximum absolute atomic E-state index is 4.85. The Hall–Kier alpha value is -1.86. The molecule has 1 heteroatoms. The Kier molecular flexibility index (Phi) is 4.21. The van der Waals surface area contributed by atoms with Crippen LogP contribution < -0.4 is 5.73 Å². The standard InChI is InChI=1S/C18H16.C2H7N/c1-3-7-15-13(5-1)9-11-18-16-8-4-2-6-14(16)10-12-17(15)18;1-2-3/h1,3,5,7,9-12H,2,4,6,8H2;2-3H2,1H3. The van der Waals surface area contributed by atoms with Crippen molar-refractivity contribution in [3.05, 3.63) is 59.7 Å². The molecular weight excluding hydrogens is 254 g/mol. The normalized spacial score (nSPS) is 13.6. The van der Waals surface area contributed by atoms with Gasteiger partial charge in [0.05, 0.1) is 0 Å². The first kappa shape index (κ1) is 14.1. The van der Waals surface area contributed by atoms with Gasteiger partial charge in [-0.2, -0.15) is 0 Å². The highest BCUT2D eigenvalue weighted by Crippen LogP contribution is 2.32. The zero-order valence-electron chi connectivity index (χ0n) is 12.7. The molecular formula is C20H23N. The Morgan fingerprint density at radius 3 is 2.38 bits per heavy atom. The summed E-state index contributed by atoms with van der Waals surface area (Å²) in [6.07, 6.45) is 5.22. The zero-order chi connectivity index (χ0) is 14.7. The molecule has 0 spiro atoms. The summed E-state index contributed by atoms with van der Waals surface area (Å²) in [6.45, 7) is 2.65. The molecule has 0 unspecified atom stereocenters. The minimum absolute atomic E-state index is 0.750. The van der Waals surface area contributed by atoms with Crippen molar-refractivity contribution in [1.29, 1.82) is 0 Å². The lowest BCUT2D eigenvalue weighted by Gasteiger charge is -2.18. The molecule has 1 aliphatic rings. The summed E-state index contributed by atoms with van der Waals surface area (Å²) in [5.41, 5.74) is 8.02. The molecule has 0 atom stereocenters. The second kappa shape index (κ2) is 6.28. The van der Waals surface area contributed by atoms with Crippen molar-refractivity contribution in [3.63, 3.8) is 0 Å². The van der Waals surface area contributed by atoms with Gasteiger partial charge in [-0.1, -0.05) is 55.5 Å². The van der Waals surface area contributed by atoms with Crippen LogP contribution in [-0.4, -0.2) is 6.54 Å². The third kappa shape index (κ3) is 2.66. The fourth-order valence-electron chi connectivity index (χ4n) is 3.34. The number of aryl methyl sites for hydroxylation is 2. The minimum atomic E-state index is 0.750. The second-order valence-corrected chi connectivity index (χ2v) is 5.70. The van der Waals surface area contributed by atoms with E-state index < -0.39 is 0 Å². The van der Waals surface area contributed by atoms with E-state index in [1.165, 1.54) is 47.2 Å². The van der Waals surface area contributed by atoms with Crippen molar-refractivity contribution >= 4 is 21.5 Å². The van der Waals surface area contributed by atoms with Crippen LogP contribution in [0.25, 0.3) is 21.5 Å². The Bertz CT molecular complexity index is 758. The second-order valence-electron chi connectivity index (χ2n) is 5.70. The molecule has 2 N–H and O–H groups in total. The van der Waals surface area contributed by atoms with E-state index in [9.17, 15) is 0 Å². The third-order valence-electron chi connectivity index (χ3n) is 4.26. The predicted octanol–water partition coefficient (Wildman–Crippen LogP) is 4.84. The van der Waals surface area contributed by atoms with Crippen LogP contribution in [0, 0.1) is 0 Å². The largest absolute Gasteiger partial charge is 0.331 e. The van der Waals surface area contributed by atoms with Gasteiger partial charge in [0, 0.05) is 0 Å². The summed E-state index contributed by atoms with van der Waals surface area (Å²) < 4.78 is 0. The van der Waals surface area contributed by atoms with E-state index in [-0.39, 0.29) is 0 Å². The van der Waals surface area contributed by atoms with Crippen LogP contribution in [0.1, 0.15) is 30.9 Å². The van der Waals surface area contributed by atoms with Gasteiger partial charge in [0.15, 0.2) is 0 Å². The maximum Gasteiger partial charge on any atom is -0.0102 e. The Labute approximate surface area is 126 Å². The molecule has 0 heterocycles. The van der Waals surface area contributed by atoms with Gasteiger partial charge >= 0.3 is 0 Å². The molecule has 3 aromatic rings. The van der Waals surface area contributed by atoms with Crippen molar-refractivity contribution in [2.24, 2.45) is 5.73 Å². The van der Waals surface area contributed by atoms with Gasteiger partial charge in [-0.05, 0) is 64.9 Å². The molecule has 3 aromatic carbocycles. The van der Waals surface area contributed by atoms with E-state index in [0.29, 0.717) is 0 Å². The molecule has 0 saturated carbocycles. The van der Waals surface area contributed by atoms with Crippen molar-refractivity contribution < 1.29 is 0 Å². The molecule has 4 rings (SSSR count). The molecule has 0 radical (unpaired) electrons. The summed E-state index contributed by atoms with van der Waals surface area (Å²) in [7, 11) is 0. The van der Waals surface area contributed by atoms with Gasteiger partial charge in [0.25, 0.3) is 0 Å². The summed E-state index contributed by atoms with van der Waals surface area (Å²) in [4.78, 5) is 0. The predicted molar refractivity (Wildman–Crippen MR) is 92.8 cm³/mol.